The minimum Gasteiger partial charge on any atom is -0.312 e. The van der Waals surface area contributed by atoms with Crippen LogP contribution in [0.5, 0.6) is 0 Å². The molecule has 0 aliphatic carbocycles. The lowest BCUT2D eigenvalue weighted by atomic mass is 9.86. The average Bonchev–Trinajstić information content (AvgIpc) is 2.26. The molecule has 0 bridgehead atoms. The monoisotopic (exact) mass is 275 g/mol. The van der Waals surface area contributed by atoms with Gasteiger partial charge in [-0.05, 0) is 24.7 Å². The van der Waals surface area contributed by atoms with E-state index in [9.17, 15) is 8.42 Å². The Morgan fingerprint density at radius 3 is 2.61 bits per heavy atom. The second-order valence-corrected chi connectivity index (χ2v) is 8.68. The summed E-state index contributed by atoms with van der Waals surface area (Å²) < 4.78 is 23.1. The van der Waals surface area contributed by atoms with Crippen LogP contribution in [0, 0.1) is 5.41 Å². The van der Waals surface area contributed by atoms with Gasteiger partial charge in [0, 0.05) is 12.6 Å². The van der Waals surface area contributed by atoms with Crippen molar-refractivity contribution in [3.05, 3.63) is 0 Å². The van der Waals surface area contributed by atoms with Gasteiger partial charge in [0.1, 0.15) is 0 Å². The van der Waals surface area contributed by atoms with Crippen molar-refractivity contribution in [2.75, 3.05) is 18.1 Å². The number of sulfone groups is 1. The van der Waals surface area contributed by atoms with Crippen molar-refractivity contribution in [3.63, 3.8) is 0 Å². The molecule has 1 unspecified atom stereocenters. The van der Waals surface area contributed by atoms with Crippen LogP contribution in [0.15, 0.2) is 0 Å². The standard InChI is InChI=1S/C14H29NO2S/c1-4-5-6-9-14(2,3)12-15-13-8-7-10-18(16,17)11-13/h13,15H,4-12H2,1-3H3. The fourth-order valence-electron chi connectivity index (χ4n) is 2.55. The summed E-state index contributed by atoms with van der Waals surface area (Å²) in [6, 6.07) is 0.175. The molecule has 18 heavy (non-hydrogen) atoms. The van der Waals surface area contributed by atoms with Crippen LogP contribution in [0.1, 0.15) is 59.3 Å². The number of unbranched alkanes of at least 4 members (excludes halogenated alkanes) is 2. The van der Waals surface area contributed by atoms with Gasteiger partial charge in [-0.25, -0.2) is 8.42 Å². The molecule has 0 radical (unpaired) electrons. The summed E-state index contributed by atoms with van der Waals surface area (Å²) in [7, 11) is -2.78. The third kappa shape index (κ3) is 6.19. The maximum absolute atomic E-state index is 11.6. The zero-order chi connectivity index (χ0) is 13.6. The van der Waals surface area contributed by atoms with E-state index in [-0.39, 0.29) is 11.5 Å². The van der Waals surface area contributed by atoms with Crippen molar-refractivity contribution in [2.45, 2.75) is 65.3 Å². The van der Waals surface area contributed by atoms with Gasteiger partial charge in [-0.15, -0.1) is 0 Å². The van der Waals surface area contributed by atoms with Crippen LogP contribution in [0.25, 0.3) is 0 Å². The molecule has 3 nitrogen and oxygen atoms in total. The second-order valence-electron chi connectivity index (χ2n) is 6.46. The molecule has 0 amide bonds. The van der Waals surface area contributed by atoms with Crippen LogP contribution in [0.4, 0.5) is 0 Å². The number of nitrogens with one attached hydrogen (secondary N) is 1. The Hall–Kier alpha value is -0.0900. The maximum Gasteiger partial charge on any atom is 0.151 e. The van der Waals surface area contributed by atoms with Crippen molar-refractivity contribution in [1.82, 2.24) is 5.32 Å². The highest BCUT2D eigenvalue weighted by Gasteiger charge is 2.26. The van der Waals surface area contributed by atoms with Crippen LogP contribution in [0.3, 0.4) is 0 Å². The Kier molecular flexibility index (Phi) is 6.12. The second kappa shape index (κ2) is 6.90. The molecule has 1 atom stereocenters. The summed E-state index contributed by atoms with van der Waals surface area (Å²) >= 11 is 0. The molecule has 1 N–H and O–H groups in total. The molecule has 1 heterocycles. The Balaban J connectivity index is 2.30. The minimum atomic E-state index is -2.78. The molecule has 1 aliphatic heterocycles. The van der Waals surface area contributed by atoms with E-state index in [2.05, 4.69) is 26.1 Å². The molecule has 1 fully saturated rings. The van der Waals surface area contributed by atoms with E-state index >= 15 is 0 Å². The van der Waals surface area contributed by atoms with Gasteiger partial charge >= 0.3 is 0 Å². The topological polar surface area (TPSA) is 46.2 Å². The summed E-state index contributed by atoms with van der Waals surface area (Å²) in [6.45, 7) is 7.69. The summed E-state index contributed by atoms with van der Waals surface area (Å²) in [5, 5.41) is 3.47. The fraction of sp³-hybridized carbons (Fsp3) is 1.00. The molecule has 1 aliphatic rings. The number of hydrogen-bond donors (Lipinski definition) is 1. The predicted molar refractivity (Wildman–Crippen MR) is 77.6 cm³/mol. The quantitative estimate of drug-likeness (QED) is 0.727. The van der Waals surface area contributed by atoms with Gasteiger partial charge in [0.05, 0.1) is 11.5 Å². The highest BCUT2D eigenvalue weighted by Crippen LogP contribution is 2.23. The van der Waals surface area contributed by atoms with Crippen LogP contribution in [-0.2, 0) is 9.84 Å². The van der Waals surface area contributed by atoms with Gasteiger partial charge in [0.2, 0.25) is 0 Å². The van der Waals surface area contributed by atoms with Gasteiger partial charge in [-0.2, -0.15) is 0 Å². The molecule has 1 saturated heterocycles. The Morgan fingerprint density at radius 1 is 1.28 bits per heavy atom. The Morgan fingerprint density at radius 2 is 2.00 bits per heavy atom. The lowest BCUT2D eigenvalue weighted by Crippen LogP contribution is -2.43. The van der Waals surface area contributed by atoms with E-state index < -0.39 is 9.84 Å². The van der Waals surface area contributed by atoms with Gasteiger partial charge < -0.3 is 5.32 Å². The largest absolute Gasteiger partial charge is 0.312 e. The Bertz CT molecular complexity index is 336. The lowest BCUT2D eigenvalue weighted by Gasteiger charge is -2.30. The van der Waals surface area contributed by atoms with Crippen LogP contribution in [0.2, 0.25) is 0 Å². The molecular weight excluding hydrogens is 246 g/mol. The molecular formula is C14H29NO2S. The Labute approximate surface area is 113 Å². The fourth-order valence-corrected chi connectivity index (χ4v) is 4.22. The molecule has 0 aromatic heterocycles. The highest BCUT2D eigenvalue weighted by molar-refractivity contribution is 7.91. The molecule has 0 saturated carbocycles. The molecule has 0 aromatic rings. The van der Waals surface area contributed by atoms with Crippen molar-refractivity contribution in [3.8, 4) is 0 Å². The summed E-state index contributed by atoms with van der Waals surface area (Å²) in [5.74, 6) is 0.711. The first-order valence-corrected chi connectivity index (χ1v) is 9.10. The van der Waals surface area contributed by atoms with E-state index in [1.807, 2.05) is 0 Å². The summed E-state index contributed by atoms with van der Waals surface area (Å²) in [5.41, 5.74) is 0.274. The van der Waals surface area contributed by atoms with Crippen LogP contribution < -0.4 is 5.32 Å². The van der Waals surface area contributed by atoms with E-state index in [1.165, 1.54) is 25.7 Å². The highest BCUT2D eigenvalue weighted by atomic mass is 32.2. The lowest BCUT2D eigenvalue weighted by molar-refractivity contribution is 0.285. The zero-order valence-electron chi connectivity index (χ0n) is 12.2. The smallest absolute Gasteiger partial charge is 0.151 e. The molecule has 0 aromatic carbocycles. The molecule has 1 rings (SSSR count). The van der Waals surface area contributed by atoms with Crippen LogP contribution >= 0.6 is 0 Å². The zero-order valence-corrected chi connectivity index (χ0v) is 13.0. The predicted octanol–water partition coefficient (Wildman–Crippen LogP) is 2.76. The number of hydrogen-bond acceptors (Lipinski definition) is 3. The first-order valence-electron chi connectivity index (χ1n) is 7.28. The maximum atomic E-state index is 11.6. The van der Waals surface area contributed by atoms with E-state index in [0.29, 0.717) is 11.5 Å². The van der Waals surface area contributed by atoms with Crippen molar-refractivity contribution < 1.29 is 8.42 Å². The van der Waals surface area contributed by atoms with Gasteiger partial charge in [0.25, 0.3) is 0 Å². The van der Waals surface area contributed by atoms with Crippen molar-refractivity contribution in [1.29, 1.82) is 0 Å². The van der Waals surface area contributed by atoms with Crippen molar-refractivity contribution in [2.24, 2.45) is 5.41 Å². The first-order chi connectivity index (χ1) is 8.35. The van der Waals surface area contributed by atoms with E-state index in [4.69, 9.17) is 0 Å². The third-order valence-corrected chi connectivity index (χ3v) is 5.61. The average molecular weight is 275 g/mol. The molecule has 0 spiro atoms. The third-order valence-electron chi connectivity index (χ3n) is 3.79. The SMILES string of the molecule is CCCCCC(C)(C)CNC1CCCS(=O)(=O)C1. The summed E-state index contributed by atoms with van der Waals surface area (Å²) in [6.07, 6.45) is 6.85. The summed E-state index contributed by atoms with van der Waals surface area (Å²) in [4.78, 5) is 0. The molecule has 4 heteroatoms. The van der Waals surface area contributed by atoms with E-state index in [1.54, 1.807) is 0 Å². The van der Waals surface area contributed by atoms with Crippen LogP contribution in [-0.4, -0.2) is 32.5 Å². The van der Waals surface area contributed by atoms with Crippen molar-refractivity contribution >= 4 is 9.84 Å². The van der Waals surface area contributed by atoms with E-state index in [0.717, 1.165) is 19.4 Å². The van der Waals surface area contributed by atoms with Gasteiger partial charge in [0.15, 0.2) is 9.84 Å². The minimum absolute atomic E-state index is 0.175. The first kappa shape index (κ1) is 16.0. The molecule has 108 valence electrons. The van der Waals surface area contributed by atoms with Gasteiger partial charge in [-0.1, -0.05) is 40.0 Å². The number of rotatable bonds is 7. The van der Waals surface area contributed by atoms with Gasteiger partial charge in [-0.3, -0.25) is 0 Å². The normalized spacial score (nSPS) is 24.1.